The summed E-state index contributed by atoms with van der Waals surface area (Å²) in [6.45, 7) is 1.03. The maximum Gasteiger partial charge on any atom is 0.161 e. The van der Waals surface area contributed by atoms with Crippen LogP contribution in [0.25, 0.3) is 0 Å². The lowest BCUT2D eigenvalue weighted by Crippen LogP contribution is -2.02. The number of halogens is 2. The van der Waals surface area contributed by atoms with Gasteiger partial charge < -0.3 is 14.8 Å². The second-order valence-electron chi connectivity index (χ2n) is 5.74. The average molecular weight is 372 g/mol. The van der Waals surface area contributed by atoms with Crippen molar-refractivity contribution in [2.24, 2.45) is 0 Å². The number of rotatable bonds is 7. The zero-order valence-electron chi connectivity index (χ0n) is 14.3. The van der Waals surface area contributed by atoms with Crippen LogP contribution in [0.5, 0.6) is 11.5 Å². The van der Waals surface area contributed by atoms with Crippen molar-refractivity contribution in [3.05, 3.63) is 88.7 Å². The van der Waals surface area contributed by atoms with Gasteiger partial charge in [0.1, 0.15) is 12.4 Å². The van der Waals surface area contributed by atoms with Gasteiger partial charge in [-0.15, -0.1) is 0 Å². The van der Waals surface area contributed by atoms with Gasteiger partial charge >= 0.3 is 0 Å². The molecular weight excluding hydrogens is 353 g/mol. The summed E-state index contributed by atoms with van der Waals surface area (Å²) < 4.78 is 24.5. The van der Waals surface area contributed by atoms with Crippen molar-refractivity contribution in [1.82, 2.24) is 0 Å². The topological polar surface area (TPSA) is 30.5 Å². The molecule has 3 aromatic rings. The average Bonchev–Trinajstić information content (AvgIpc) is 2.68. The fourth-order valence-corrected chi connectivity index (χ4v) is 2.67. The molecule has 0 spiro atoms. The van der Waals surface area contributed by atoms with Gasteiger partial charge in [0.15, 0.2) is 11.5 Å². The maximum atomic E-state index is 13.2. The summed E-state index contributed by atoms with van der Waals surface area (Å²) in [6.07, 6.45) is 0. The third-order valence-corrected chi connectivity index (χ3v) is 4.17. The minimum Gasteiger partial charge on any atom is -0.493 e. The Morgan fingerprint density at radius 1 is 0.923 bits per heavy atom. The largest absolute Gasteiger partial charge is 0.493 e. The highest BCUT2D eigenvalue weighted by Gasteiger charge is 2.07. The monoisotopic (exact) mass is 371 g/mol. The van der Waals surface area contributed by atoms with Crippen molar-refractivity contribution in [2.45, 2.75) is 13.2 Å². The van der Waals surface area contributed by atoms with Gasteiger partial charge in [0.25, 0.3) is 0 Å². The molecule has 26 heavy (non-hydrogen) atoms. The Balaban J connectivity index is 1.65. The molecule has 1 N–H and O–H groups in total. The SMILES string of the molecule is COc1cc(CNc2ccc(F)c(Cl)c2)ccc1OCc1ccccc1. The molecule has 3 aromatic carbocycles. The molecule has 0 fully saturated rings. The van der Waals surface area contributed by atoms with Gasteiger partial charge in [0, 0.05) is 12.2 Å². The Morgan fingerprint density at radius 3 is 2.46 bits per heavy atom. The first-order valence-corrected chi connectivity index (χ1v) is 8.56. The van der Waals surface area contributed by atoms with Crippen molar-refractivity contribution in [3.8, 4) is 11.5 Å². The van der Waals surface area contributed by atoms with Crippen molar-refractivity contribution in [3.63, 3.8) is 0 Å². The van der Waals surface area contributed by atoms with Crippen LogP contribution in [0, 0.1) is 5.82 Å². The molecular formula is C21H19ClFNO2. The Hall–Kier alpha value is -2.72. The third-order valence-electron chi connectivity index (χ3n) is 3.88. The van der Waals surface area contributed by atoms with Crippen molar-refractivity contribution in [1.29, 1.82) is 0 Å². The highest BCUT2D eigenvalue weighted by Crippen LogP contribution is 2.29. The highest BCUT2D eigenvalue weighted by molar-refractivity contribution is 6.31. The predicted octanol–water partition coefficient (Wildman–Crippen LogP) is 5.68. The zero-order valence-corrected chi connectivity index (χ0v) is 15.1. The maximum absolute atomic E-state index is 13.2. The van der Waals surface area contributed by atoms with Crippen LogP contribution < -0.4 is 14.8 Å². The second kappa shape index (κ2) is 8.59. The Morgan fingerprint density at radius 2 is 1.73 bits per heavy atom. The smallest absolute Gasteiger partial charge is 0.161 e. The molecule has 0 aromatic heterocycles. The van der Waals surface area contributed by atoms with E-state index in [4.69, 9.17) is 21.1 Å². The van der Waals surface area contributed by atoms with Crippen LogP contribution in [-0.4, -0.2) is 7.11 Å². The third kappa shape index (κ3) is 4.67. The molecule has 0 unspecified atom stereocenters. The summed E-state index contributed by atoms with van der Waals surface area (Å²) in [5, 5.41) is 3.30. The summed E-state index contributed by atoms with van der Waals surface area (Å²) in [7, 11) is 1.61. The summed E-state index contributed by atoms with van der Waals surface area (Å²) in [4.78, 5) is 0. The molecule has 0 saturated heterocycles. The van der Waals surface area contributed by atoms with E-state index >= 15 is 0 Å². The van der Waals surface area contributed by atoms with E-state index in [0.29, 0.717) is 24.7 Å². The van der Waals surface area contributed by atoms with Crippen LogP contribution in [0.3, 0.4) is 0 Å². The molecule has 0 bridgehead atoms. The van der Waals surface area contributed by atoms with Gasteiger partial charge in [-0.1, -0.05) is 48.0 Å². The normalized spacial score (nSPS) is 10.4. The number of methoxy groups -OCH3 is 1. The van der Waals surface area contributed by atoms with Gasteiger partial charge in [0.2, 0.25) is 0 Å². The van der Waals surface area contributed by atoms with Crippen LogP contribution >= 0.6 is 11.6 Å². The van der Waals surface area contributed by atoms with Gasteiger partial charge in [-0.05, 0) is 41.5 Å². The van der Waals surface area contributed by atoms with E-state index in [1.165, 1.54) is 6.07 Å². The Labute approximate surface area is 157 Å². The fourth-order valence-electron chi connectivity index (χ4n) is 2.49. The number of ether oxygens (including phenoxy) is 2. The van der Waals surface area contributed by atoms with Gasteiger partial charge in [-0.3, -0.25) is 0 Å². The summed E-state index contributed by atoms with van der Waals surface area (Å²) in [5.41, 5.74) is 2.85. The van der Waals surface area contributed by atoms with E-state index in [2.05, 4.69) is 5.32 Å². The first-order valence-electron chi connectivity index (χ1n) is 8.18. The number of nitrogens with one attached hydrogen (secondary N) is 1. The molecule has 3 nitrogen and oxygen atoms in total. The summed E-state index contributed by atoms with van der Waals surface area (Å²) >= 11 is 5.80. The minimum absolute atomic E-state index is 0.0947. The molecule has 0 heterocycles. The Kier molecular flexibility index (Phi) is 5.97. The van der Waals surface area contributed by atoms with Crippen molar-refractivity contribution in [2.75, 3.05) is 12.4 Å². The van der Waals surface area contributed by atoms with E-state index in [1.54, 1.807) is 19.2 Å². The minimum atomic E-state index is -0.432. The summed E-state index contributed by atoms with van der Waals surface area (Å²) in [5.74, 6) is 0.918. The molecule has 0 saturated carbocycles. The molecule has 5 heteroatoms. The highest BCUT2D eigenvalue weighted by atomic mass is 35.5. The zero-order chi connectivity index (χ0) is 18.4. The first kappa shape index (κ1) is 18.1. The van der Waals surface area contributed by atoms with E-state index in [-0.39, 0.29) is 5.02 Å². The van der Waals surface area contributed by atoms with Gasteiger partial charge in [-0.25, -0.2) is 4.39 Å². The van der Waals surface area contributed by atoms with Crippen LogP contribution in [0.2, 0.25) is 5.02 Å². The van der Waals surface area contributed by atoms with Crippen LogP contribution in [-0.2, 0) is 13.2 Å². The number of anilines is 1. The molecule has 0 aliphatic carbocycles. The molecule has 0 aliphatic heterocycles. The quantitative estimate of drug-likeness (QED) is 0.579. The van der Waals surface area contributed by atoms with E-state index in [0.717, 1.165) is 16.8 Å². The molecule has 3 rings (SSSR count). The number of benzene rings is 3. The number of hydrogen-bond donors (Lipinski definition) is 1. The van der Waals surface area contributed by atoms with Crippen LogP contribution in [0.15, 0.2) is 66.7 Å². The molecule has 0 aliphatic rings. The van der Waals surface area contributed by atoms with Crippen molar-refractivity contribution < 1.29 is 13.9 Å². The molecule has 0 radical (unpaired) electrons. The van der Waals surface area contributed by atoms with Gasteiger partial charge in [-0.2, -0.15) is 0 Å². The number of hydrogen-bond acceptors (Lipinski definition) is 3. The second-order valence-corrected chi connectivity index (χ2v) is 6.15. The molecule has 0 atom stereocenters. The van der Waals surface area contributed by atoms with E-state index in [9.17, 15) is 4.39 Å². The van der Waals surface area contributed by atoms with Gasteiger partial charge in [0.05, 0.1) is 12.1 Å². The standard InChI is InChI=1S/C21H19ClFNO2/c1-25-21-11-16(13-24-17-8-9-19(23)18(22)12-17)7-10-20(21)26-14-15-5-3-2-4-6-15/h2-12,24H,13-14H2,1H3. The van der Waals surface area contributed by atoms with E-state index < -0.39 is 5.82 Å². The molecule has 134 valence electrons. The Bertz CT molecular complexity index is 871. The lowest BCUT2D eigenvalue weighted by molar-refractivity contribution is 0.284. The van der Waals surface area contributed by atoms with E-state index in [1.807, 2.05) is 48.5 Å². The molecule has 0 amide bonds. The van der Waals surface area contributed by atoms with Crippen LogP contribution in [0.1, 0.15) is 11.1 Å². The van der Waals surface area contributed by atoms with Crippen molar-refractivity contribution >= 4 is 17.3 Å². The first-order chi connectivity index (χ1) is 12.7. The lowest BCUT2D eigenvalue weighted by Gasteiger charge is -2.13. The summed E-state index contributed by atoms with van der Waals surface area (Å²) in [6, 6.07) is 20.3. The van der Waals surface area contributed by atoms with Crippen LogP contribution in [0.4, 0.5) is 10.1 Å². The predicted molar refractivity (Wildman–Crippen MR) is 103 cm³/mol. The lowest BCUT2D eigenvalue weighted by atomic mass is 10.2. The fraction of sp³-hybridized carbons (Fsp3) is 0.143.